The third-order valence-corrected chi connectivity index (χ3v) is 6.79. The SMILES string of the molecule is CCOC(=O)Cc1ccc(-c2ccc(C(C)(O)CNS(=O)(=O)C(C)C)cc2)cc1[N+](=O)[O-]. The maximum atomic E-state index is 12.0. The minimum atomic E-state index is -3.53. The van der Waals surface area contributed by atoms with Gasteiger partial charge in [0.05, 0.1) is 23.2 Å². The van der Waals surface area contributed by atoms with Gasteiger partial charge in [0, 0.05) is 18.2 Å². The molecule has 0 fully saturated rings. The summed E-state index contributed by atoms with van der Waals surface area (Å²) in [5, 5.41) is 21.6. The number of nitro benzene ring substituents is 1. The van der Waals surface area contributed by atoms with E-state index in [1.807, 2.05) is 0 Å². The van der Waals surface area contributed by atoms with Gasteiger partial charge < -0.3 is 9.84 Å². The number of esters is 1. The first-order valence-corrected chi connectivity index (χ1v) is 11.7. The lowest BCUT2D eigenvalue weighted by Crippen LogP contribution is -2.41. The third-order valence-electron chi connectivity index (χ3n) is 5.00. The number of carbonyl (C=O) groups excluding carboxylic acids is 1. The molecule has 0 aliphatic carbocycles. The summed E-state index contributed by atoms with van der Waals surface area (Å²) in [4.78, 5) is 22.7. The molecule has 0 aliphatic heterocycles. The van der Waals surface area contributed by atoms with Gasteiger partial charge in [0.2, 0.25) is 10.0 Å². The Morgan fingerprint density at radius 2 is 1.78 bits per heavy atom. The zero-order chi connectivity index (χ0) is 24.1. The Morgan fingerprint density at radius 1 is 1.19 bits per heavy atom. The molecule has 0 amide bonds. The highest BCUT2D eigenvalue weighted by Crippen LogP contribution is 2.30. The van der Waals surface area contributed by atoms with Crippen LogP contribution in [0.25, 0.3) is 11.1 Å². The fourth-order valence-electron chi connectivity index (χ4n) is 2.96. The number of aliphatic hydroxyl groups is 1. The van der Waals surface area contributed by atoms with E-state index in [1.165, 1.54) is 19.1 Å². The second-order valence-corrected chi connectivity index (χ2v) is 10.2. The highest BCUT2D eigenvalue weighted by atomic mass is 32.2. The van der Waals surface area contributed by atoms with Gasteiger partial charge in [-0.3, -0.25) is 14.9 Å². The third kappa shape index (κ3) is 6.35. The lowest BCUT2D eigenvalue weighted by atomic mass is 9.93. The lowest BCUT2D eigenvalue weighted by molar-refractivity contribution is -0.385. The van der Waals surface area contributed by atoms with Gasteiger partial charge in [-0.05, 0) is 44.4 Å². The Hall–Kier alpha value is -2.82. The van der Waals surface area contributed by atoms with Crippen LogP contribution in [0.2, 0.25) is 0 Å². The molecule has 2 aromatic carbocycles. The number of ether oxygens (including phenoxy) is 1. The molecule has 0 bridgehead atoms. The van der Waals surface area contributed by atoms with Crippen molar-refractivity contribution >= 4 is 21.7 Å². The quantitative estimate of drug-likeness (QED) is 0.313. The molecule has 9 nitrogen and oxygen atoms in total. The van der Waals surface area contributed by atoms with Crippen molar-refractivity contribution in [1.82, 2.24) is 4.72 Å². The van der Waals surface area contributed by atoms with Gasteiger partial charge in [-0.2, -0.15) is 0 Å². The van der Waals surface area contributed by atoms with Gasteiger partial charge in [-0.15, -0.1) is 0 Å². The van der Waals surface area contributed by atoms with E-state index in [-0.39, 0.29) is 30.8 Å². The molecular formula is C22H28N2O7S. The summed E-state index contributed by atoms with van der Waals surface area (Å²) >= 11 is 0. The summed E-state index contributed by atoms with van der Waals surface area (Å²) in [6.07, 6.45) is -0.196. The summed E-state index contributed by atoms with van der Waals surface area (Å²) < 4.78 is 31.2. The smallest absolute Gasteiger partial charge is 0.310 e. The predicted molar refractivity (Wildman–Crippen MR) is 120 cm³/mol. The van der Waals surface area contributed by atoms with E-state index in [4.69, 9.17) is 4.74 Å². The molecule has 1 unspecified atom stereocenters. The van der Waals surface area contributed by atoms with Crippen LogP contribution in [0.4, 0.5) is 5.69 Å². The van der Waals surface area contributed by atoms with Crippen molar-refractivity contribution in [3.8, 4) is 11.1 Å². The standard InChI is InChI=1S/C22H28N2O7S/c1-5-31-21(25)13-18-7-6-17(12-20(18)24(27)28)16-8-10-19(11-9-16)22(4,26)14-23-32(29,30)15(2)3/h6-12,15,23,26H,5,13-14H2,1-4H3. The predicted octanol–water partition coefficient (Wildman–Crippen LogP) is 2.90. The number of rotatable bonds is 10. The summed E-state index contributed by atoms with van der Waals surface area (Å²) in [7, 11) is -3.53. The van der Waals surface area contributed by atoms with Crippen LogP contribution in [0.5, 0.6) is 0 Å². The number of hydrogen-bond acceptors (Lipinski definition) is 7. The first kappa shape index (κ1) is 25.4. The van der Waals surface area contributed by atoms with Crippen molar-refractivity contribution in [2.75, 3.05) is 13.2 Å². The number of carbonyl (C=O) groups is 1. The molecule has 1 atom stereocenters. The number of nitrogens with one attached hydrogen (secondary N) is 1. The van der Waals surface area contributed by atoms with E-state index >= 15 is 0 Å². The molecule has 0 heterocycles. The van der Waals surface area contributed by atoms with Crippen LogP contribution in [0, 0.1) is 10.1 Å². The normalized spacial score (nSPS) is 13.6. The Morgan fingerprint density at radius 3 is 2.31 bits per heavy atom. The van der Waals surface area contributed by atoms with E-state index in [2.05, 4.69) is 4.72 Å². The molecule has 0 aromatic heterocycles. The van der Waals surface area contributed by atoms with E-state index in [9.17, 15) is 28.4 Å². The van der Waals surface area contributed by atoms with Gasteiger partial charge in [0.15, 0.2) is 0 Å². The van der Waals surface area contributed by atoms with Gasteiger partial charge in [0.1, 0.15) is 5.60 Å². The first-order valence-electron chi connectivity index (χ1n) is 10.1. The van der Waals surface area contributed by atoms with Crippen molar-refractivity contribution in [2.24, 2.45) is 0 Å². The minimum Gasteiger partial charge on any atom is -0.466 e. The van der Waals surface area contributed by atoms with Gasteiger partial charge in [-0.25, -0.2) is 13.1 Å². The van der Waals surface area contributed by atoms with Crippen molar-refractivity contribution in [3.05, 3.63) is 63.7 Å². The van der Waals surface area contributed by atoms with Crippen LogP contribution in [0.1, 0.15) is 38.8 Å². The van der Waals surface area contributed by atoms with E-state index in [1.54, 1.807) is 51.1 Å². The largest absolute Gasteiger partial charge is 0.466 e. The number of nitro groups is 1. The zero-order valence-corrected chi connectivity index (χ0v) is 19.3. The minimum absolute atomic E-state index is 0.185. The molecule has 0 spiro atoms. The molecule has 2 aromatic rings. The van der Waals surface area contributed by atoms with Crippen LogP contribution >= 0.6 is 0 Å². The molecular weight excluding hydrogens is 436 g/mol. The number of benzene rings is 2. The van der Waals surface area contributed by atoms with Crippen LogP contribution in [-0.2, 0) is 31.6 Å². The van der Waals surface area contributed by atoms with E-state index in [0.717, 1.165) is 0 Å². The van der Waals surface area contributed by atoms with Crippen molar-refractivity contribution in [3.63, 3.8) is 0 Å². The summed E-state index contributed by atoms with van der Waals surface area (Å²) in [6, 6.07) is 11.2. The van der Waals surface area contributed by atoms with Crippen LogP contribution < -0.4 is 4.72 Å². The molecule has 32 heavy (non-hydrogen) atoms. The fourth-order valence-corrected chi connectivity index (χ4v) is 3.78. The molecule has 174 valence electrons. The molecule has 2 rings (SSSR count). The molecule has 0 saturated carbocycles. The monoisotopic (exact) mass is 464 g/mol. The maximum Gasteiger partial charge on any atom is 0.310 e. The van der Waals surface area contributed by atoms with Crippen LogP contribution in [0.15, 0.2) is 42.5 Å². The average molecular weight is 465 g/mol. The van der Waals surface area contributed by atoms with Crippen molar-refractivity contribution in [2.45, 2.75) is 45.0 Å². The fraction of sp³-hybridized carbons (Fsp3) is 0.409. The molecule has 0 saturated heterocycles. The summed E-state index contributed by atoms with van der Waals surface area (Å²) in [6.45, 7) is 6.25. The highest BCUT2D eigenvalue weighted by molar-refractivity contribution is 7.90. The zero-order valence-electron chi connectivity index (χ0n) is 18.5. The van der Waals surface area contributed by atoms with Crippen molar-refractivity contribution in [1.29, 1.82) is 0 Å². The Labute approximate surface area is 187 Å². The number of nitrogens with zero attached hydrogens (tertiary/aromatic N) is 1. The van der Waals surface area contributed by atoms with Gasteiger partial charge >= 0.3 is 5.97 Å². The second kappa shape index (κ2) is 10.2. The summed E-state index contributed by atoms with van der Waals surface area (Å²) in [5.74, 6) is -0.539. The topological polar surface area (TPSA) is 136 Å². The number of hydrogen-bond donors (Lipinski definition) is 2. The van der Waals surface area contributed by atoms with E-state index in [0.29, 0.717) is 16.7 Å². The summed E-state index contributed by atoms with van der Waals surface area (Å²) in [5.41, 5.74) is 0.342. The van der Waals surface area contributed by atoms with E-state index < -0.39 is 31.8 Å². The molecule has 0 aliphatic rings. The molecule has 2 N–H and O–H groups in total. The first-order chi connectivity index (χ1) is 14.9. The second-order valence-electron chi connectivity index (χ2n) is 7.85. The highest BCUT2D eigenvalue weighted by Gasteiger charge is 2.27. The Balaban J connectivity index is 2.25. The van der Waals surface area contributed by atoms with Crippen LogP contribution in [0.3, 0.4) is 0 Å². The van der Waals surface area contributed by atoms with Crippen LogP contribution in [-0.4, -0.2) is 42.8 Å². The Kier molecular flexibility index (Phi) is 8.11. The van der Waals surface area contributed by atoms with Gasteiger partial charge in [-0.1, -0.05) is 36.4 Å². The Bertz CT molecular complexity index is 1080. The average Bonchev–Trinajstić information content (AvgIpc) is 2.73. The molecule has 10 heteroatoms. The van der Waals surface area contributed by atoms with Gasteiger partial charge in [0.25, 0.3) is 5.69 Å². The van der Waals surface area contributed by atoms with Crippen molar-refractivity contribution < 1.29 is 28.0 Å². The lowest BCUT2D eigenvalue weighted by Gasteiger charge is -2.25. The number of sulfonamides is 1. The maximum absolute atomic E-state index is 12.0. The molecule has 0 radical (unpaired) electrons.